The molecule has 0 spiro atoms. The molecule has 0 saturated carbocycles. The molecule has 0 bridgehead atoms. The zero-order chi connectivity index (χ0) is 22.5. The first-order valence-corrected chi connectivity index (χ1v) is 11.7. The summed E-state index contributed by atoms with van der Waals surface area (Å²) in [5, 5.41) is 0. The fourth-order valence-corrected chi connectivity index (χ4v) is 5.43. The summed E-state index contributed by atoms with van der Waals surface area (Å²) in [4.78, 5) is 0. The molecule has 5 aromatic rings. The summed E-state index contributed by atoms with van der Waals surface area (Å²) in [6, 6.07) is 42.5. The minimum atomic E-state index is 0.0973. The Bertz CT molecular complexity index is 1400. The molecule has 0 radical (unpaired) electrons. The van der Waals surface area contributed by atoms with Crippen LogP contribution < -0.4 is 42.3 Å². The monoisotopic (exact) mass is 434 g/mol. The van der Waals surface area contributed by atoms with Crippen LogP contribution in [0.25, 0.3) is 0 Å². The highest BCUT2D eigenvalue weighted by molar-refractivity contribution is 6.99. The van der Waals surface area contributed by atoms with E-state index in [1.807, 2.05) is 12.1 Å². The Labute approximate surface area is 200 Å². The highest BCUT2D eigenvalue weighted by Gasteiger charge is 2.38. The van der Waals surface area contributed by atoms with E-state index in [9.17, 15) is 0 Å². The largest absolute Gasteiger partial charge is 0.458 e. The lowest BCUT2D eigenvalue weighted by Gasteiger charge is -2.32. The molecule has 0 aliphatic carbocycles. The van der Waals surface area contributed by atoms with Crippen LogP contribution in [-0.4, -0.2) is 13.4 Å². The normalized spacial score (nSPS) is 13.1. The van der Waals surface area contributed by atoms with Crippen LogP contribution in [0.2, 0.25) is 0 Å². The average molecular weight is 434 g/mol. The zero-order valence-corrected chi connectivity index (χ0v) is 18.5. The summed E-state index contributed by atoms with van der Waals surface area (Å²) in [6.45, 7) is 0.195. The van der Waals surface area contributed by atoms with Crippen molar-refractivity contribution < 1.29 is 9.47 Å². The minimum Gasteiger partial charge on any atom is -0.458 e. The maximum atomic E-state index is 6.44. The van der Waals surface area contributed by atoms with Crippen molar-refractivity contribution in [2.75, 3.05) is 0 Å². The van der Waals surface area contributed by atoms with Crippen LogP contribution in [0.4, 0.5) is 0 Å². The maximum Gasteiger partial charge on any atom is 0.250 e. The number of benzene rings is 5. The first-order chi connectivity index (χ1) is 16.9. The van der Waals surface area contributed by atoms with Gasteiger partial charge in [0.1, 0.15) is 23.0 Å². The van der Waals surface area contributed by atoms with E-state index in [2.05, 4.69) is 109 Å². The van der Waals surface area contributed by atoms with Crippen LogP contribution in [0, 0.1) is 0 Å². The number of fused-ring (bicyclic) bond motifs is 4. The molecular weight excluding hydrogens is 414 g/mol. The van der Waals surface area contributed by atoms with Crippen molar-refractivity contribution in [1.29, 1.82) is 0 Å². The predicted octanol–water partition coefficient (Wildman–Crippen LogP) is 2.93. The van der Waals surface area contributed by atoms with Crippen LogP contribution >= 0.6 is 0 Å². The van der Waals surface area contributed by atoms with E-state index in [1.165, 1.54) is 32.8 Å². The van der Waals surface area contributed by atoms with Crippen molar-refractivity contribution in [2.24, 2.45) is 0 Å². The van der Waals surface area contributed by atoms with E-state index in [0.29, 0.717) is 0 Å². The van der Waals surface area contributed by atoms with Gasteiger partial charge in [-0.3, -0.25) is 0 Å². The first kappa shape index (κ1) is 19.3. The predicted molar refractivity (Wildman–Crippen MR) is 142 cm³/mol. The third kappa shape index (κ3) is 2.99. The van der Waals surface area contributed by atoms with Gasteiger partial charge in [0.25, 0.3) is 13.4 Å². The SMILES string of the molecule is c1ccc(B2c3ccccc3Oc3cc4c(cc32)B(c2ccccc2)c2ccccc2O4)cc1. The lowest BCUT2D eigenvalue weighted by molar-refractivity contribution is 0.465. The molecule has 158 valence electrons. The van der Waals surface area contributed by atoms with Gasteiger partial charge in [-0.25, -0.2) is 0 Å². The topological polar surface area (TPSA) is 18.5 Å². The number of ether oxygens (including phenoxy) is 2. The molecule has 34 heavy (non-hydrogen) atoms. The van der Waals surface area contributed by atoms with Crippen LogP contribution in [-0.2, 0) is 0 Å². The fraction of sp³-hybridized carbons (Fsp3) is 0. The van der Waals surface area contributed by atoms with Crippen LogP contribution in [0.3, 0.4) is 0 Å². The van der Waals surface area contributed by atoms with Gasteiger partial charge in [-0.15, -0.1) is 0 Å². The lowest BCUT2D eigenvalue weighted by atomic mass is 9.32. The molecule has 0 saturated heterocycles. The van der Waals surface area contributed by atoms with Crippen molar-refractivity contribution in [1.82, 2.24) is 0 Å². The van der Waals surface area contributed by atoms with Crippen LogP contribution in [0.5, 0.6) is 23.0 Å². The molecule has 2 heterocycles. The number of rotatable bonds is 2. The van der Waals surface area contributed by atoms with E-state index < -0.39 is 0 Å². The van der Waals surface area contributed by atoms with Gasteiger partial charge in [0.15, 0.2) is 0 Å². The highest BCUT2D eigenvalue weighted by Crippen LogP contribution is 2.31. The maximum absolute atomic E-state index is 6.44. The van der Waals surface area contributed by atoms with E-state index >= 15 is 0 Å². The molecule has 5 aromatic carbocycles. The fourth-order valence-electron chi connectivity index (χ4n) is 5.43. The van der Waals surface area contributed by atoms with Gasteiger partial charge in [-0.05, 0) is 34.0 Å². The Balaban J connectivity index is 1.48. The van der Waals surface area contributed by atoms with Gasteiger partial charge in [-0.2, -0.15) is 0 Å². The van der Waals surface area contributed by atoms with Crippen LogP contribution in [0.15, 0.2) is 121 Å². The van der Waals surface area contributed by atoms with Gasteiger partial charge >= 0.3 is 0 Å². The highest BCUT2D eigenvalue weighted by atomic mass is 16.5. The molecule has 2 aliphatic rings. The standard InChI is InChI=1S/C30H20B2O2/c1-3-11-21(12-4-1)31-23-15-7-9-17-27(23)33-29-20-30-26(19-25(29)31)32(22-13-5-2-6-14-22)24-16-8-10-18-28(24)34-30/h1-20H. The van der Waals surface area contributed by atoms with E-state index in [0.717, 1.165) is 23.0 Å². The second-order valence-corrected chi connectivity index (χ2v) is 8.90. The molecule has 0 atom stereocenters. The van der Waals surface area contributed by atoms with Crippen LogP contribution in [0.1, 0.15) is 0 Å². The zero-order valence-electron chi connectivity index (χ0n) is 18.5. The molecule has 2 aliphatic heterocycles. The average Bonchev–Trinajstić information content (AvgIpc) is 2.90. The first-order valence-electron chi connectivity index (χ1n) is 11.7. The van der Waals surface area contributed by atoms with Gasteiger partial charge in [0.2, 0.25) is 0 Å². The summed E-state index contributed by atoms with van der Waals surface area (Å²) in [5.74, 6) is 3.52. The second kappa shape index (κ2) is 7.71. The number of hydrogen-bond acceptors (Lipinski definition) is 2. The summed E-state index contributed by atoms with van der Waals surface area (Å²) < 4.78 is 12.9. The number of para-hydroxylation sites is 2. The van der Waals surface area contributed by atoms with Crippen molar-refractivity contribution in [3.8, 4) is 23.0 Å². The van der Waals surface area contributed by atoms with E-state index in [1.54, 1.807) is 0 Å². The van der Waals surface area contributed by atoms with Crippen molar-refractivity contribution in [3.63, 3.8) is 0 Å². The second-order valence-electron chi connectivity index (χ2n) is 8.90. The lowest BCUT2D eigenvalue weighted by Crippen LogP contribution is -2.59. The summed E-state index contributed by atoms with van der Waals surface area (Å²) in [7, 11) is 0. The third-order valence-corrected chi connectivity index (χ3v) is 6.93. The molecule has 2 nitrogen and oxygen atoms in total. The summed E-state index contributed by atoms with van der Waals surface area (Å²) >= 11 is 0. The van der Waals surface area contributed by atoms with E-state index in [-0.39, 0.29) is 13.4 Å². The van der Waals surface area contributed by atoms with Crippen molar-refractivity contribution in [2.45, 2.75) is 0 Å². The molecule has 0 unspecified atom stereocenters. The quantitative estimate of drug-likeness (QED) is 0.390. The molecule has 0 amide bonds. The van der Waals surface area contributed by atoms with Crippen molar-refractivity contribution in [3.05, 3.63) is 121 Å². The Hall–Kier alpha value is -4.17. The van der Waals surface area contributed by atoms with Gasteiger partial charge in [-0.1, -0.05) is 114 Å². The Morgan fingerprint density at radius 1 is 0.353 bits per heavy atom. The Morgan fingerprint density at radius 2 is 0.765 bits per heavy atom. The Morgan fingerprint density at radius 3 is 1.24 bits per heavy atom. The van der Waals surface area contributed by atoms with E-state index in [4.69, 9.17) is 9.47 Å². The summed E-state index contributed by atoms with van der Waals surface area (Å²) in [6.07, 6.45) is 0. The van der Waals surface area contributed by atoms with Gasteiger partial charge < -0.3 is 9.47 Å². The summed E-state index contributed by atoms with van der Waals surface area (Å²) in [5.41, 5.74) is 7.24. The molecule has 4 heteroatoms. The molecule has 0 fully saturated rings. The molecule has 0 aromatic heterocycles. The third-order valence-electron chi connectivity index (χ3n) is 6.93. The molecule has 0 N–H and O–H groups in total. The molecular formula is C30H20B2O2. The number of hydrogen-bond donors (Lipinski definition) is 0. The van der Waals surface area contributed by atoms with Crippen molar-refractivity contribution >= 4 is 46.2 Å². The minimum absolute atomic E-state index is 0.0973. The molecule has 7 rings (SSSR count). The smallest absolute Gasteiger partial charge is 0.250 e. The van der Waals surface area contributed by atoms with Gasteiger partial charge in [0.05, 0.1) is 0 Å². The Kier molecular flexibility index (Phi) is 4.38. The van der Waals surface area contributed by atoms with Gasteiger partial charge in [0, 0.05) is 6.07 Å².